The molecule has 0 aliphatic rings. The molecule has 1 aromatic carbocycles. The molecule has 0 amide bonds. The molecular weight excluding hydrogens is 395 g/mol. The van der Waals surface area contributed by atoms with Gasteiger partial charge in [0.05, 0.1) is 6.04 Å². The summed E-state index contributed by atoms with van der Waals surface area (Å²) in [6.07, 6.45) is 6.93. The molecule has 0 spiro atoms. The minimum Gasteiger partial charge on any atom is -0.348 e. The van der Waals surface area contributed by atoms with Gasteiger partial charge in [0.2, 0.25) is 11.9 Å². The fourth-order valence-electron chi connectivity index (χ4n) is 2.89. The first-order valence-corrected chi connectivity index (χ1v) is 9.70. The third-order valence-electron chi connectivity index (χ3n) is 4.42. The summed E-state index contributed by atoms with van der Waals surface area (Å²) in [5.41, 5.74) is 2.66. The second-order valence-electron chi connectivity index (χ2n) is 6.94. The van der Waals surface area contributed by atoms with E-state index in [-0.39, 0.29) is 11.9 Å². The van der Waals surface area contributed by atoms with E-state index in [0.29, 0.717) is 29.1 Å². The van der Waals surface area contributed by atoms with Crippen LogP contribution in [0.3, 0.4) is 0 Å². The fourth-order valence-corrected chi connectivity index (χ4v) is 2.89. The third-order valence-corrected chi connectivity index (χ3v) is 4.42. The highest BCUT2D eigenvalue weighted by atomic mass is 19.1. The maximum absolute atomic E-state index is 13.5. The number of hydrogen-bond donors (Lipinski definition) is 3. The highest BCUT2D eigenvalue weighted by molar-refractivity contribution is 5.67. The zero-order chi connectivity index (χ0) is 21.6. The Hall–Kier alpha value is -4.14. The number of rotatable bonds is 7. The van der Waals surface area contributed by atoms with Crippen LogP contribution in [0.15, 0.2) is 54.9 Å². The zero-order valence-corrected chi connectivity index (χ0v) is 17.0. The van der Waals surface area contributed by atoms with Gasteiger partial charge < -0.3 is 10.6 Å². The van der Waals surface area contributed by atoms with Crippen molar-refractivity contribution in [3.05, 3.63) is 83.3 Å². The van der Waals surface area contributed by atoms with Crippen LogP contribution in [0.1, 0.15) is 35.6 Å². The molecule has 0 aliphatic carbocycles. The second-order valence-corrected chi connectivity index (χ2v) is 6.94. The summed E-state index contributed by atoms with van der Waals surface area (Å²) in [5, 5.41) is 13.4. The van der Waals surface area contributed by atoms with E-state index in [1.165, 1.54) is 12.1 Å². The SMILES string of the molecule is Cc1cc(Nc2nc(/C=C/c3cccc(F)c3)nc(NC(C)c3ccncc3)n2)n[nH]1. The van der Waals surface area contributed by atoms with E-state index in [0.717, 1.165) is 11.3 Å². The number of benzene rings is 1. The van der Waals surface area contributed by atoms with Crippen LogP contribution in [-0.4, -0.2) is 30.1 Å². The average Bonchev–Trinajstić information content (AvgIpc) is 3.17. The molecule has 0 saturated carbocycles. The van der Waals surface area contributed by atoms with Crippen molar-refractivity contribution in [1.82, 2.24) is 30.1 Å². The molecule has 0 saturated heterocycles. The van der Waals surface area contributed by atoms with Crippen molar-refractivity contribution in [3.63, 3.8) is 0 Å². The minimum absolute atomic E-state index is 0.0501. The molecule has 9 heteroatoms. The molecule has 3 N–H and O–H groups in total. The van der Waals surface area contributed by atoms with Crippen molar-refractivity contribution in [1.29, 1.82) is 0 Å². The normalized spacial score (nSPS) is 12.1. The number of aromatic nitrogens is 6. The first kappa shape index (κ1) is 20.1. The Morgan fingerprint density at radius 1 is 1.00 bits per heavy atom. The van der Waals surface area contributed by atoms with Gasteiger partial charge in [-0.1, -0.05) is 18.2 Å². The van der Waals surface area contributed by atoms with Crippen molar-refractivity contribution in [2.24, 2.45) is 0 Å². The number of nitrogens with one attached hydrogen (secondary N) is 3. The molecule has 0 bridgehead atoms. The first-order chi connectivity index (χ1) is 15.0. The van der Waals surface area contributed by atoms with Crippen molar-refractivity contribution < 1.29 is 4.39 Å². The summed E-state index contributed by atoms with van der Waals surface area (Å²) in [4.78, 5) is 17.4. The summed E-state index contributed by atoms with van der Waals surface area (Å²) in [6.45, 7) is 3.91. The number of hydrogen-bond acceptors (Lipinski definition) is 7. The molecule has 4 aromatic rings. The van der Waals surface area contributed by atoms with Crippen LogP contribution in [0.5, 0.6) is 0 Å². The maximum Gasteiger partial charge on any atom is 0.233 e. The maximum atomic E-state index is 13.5. The molecule has 0 fully saturated rings. The van der Waals surface area contributed by atoms with E-state index in [1.807, 2.05) is 32.0 Å². The van der Waals surface area contributed by atoms with E-state index >= 15 is 0 Å². The van der Waals surface area contributed by atoms with Gasteiger partial charge in [-0.25, -0.2) is 4.39 Å². The van der Waals surface area contributed by atoms with Crippen LogP contribution in [0.25, 0.3) is 12.2 Å². The summed E-state index contributed by atoms with van der Waals surface area (Å²) >= 11 is 0. The number of anilines is 3. The topological polar surface area (TPSA) is 104 Å². The van der Waals surface area contributed by atoms with Gasteiger partial charge in [-0.15, -0.1) is 0 Å². The molecule has 1 atom stereocenters. The average molecular weight is 416 g/mol. The predicted molar refractivity (Wildman–Crippen MR) is 118 cm³/mol. The molecular formula is C22H21FN8. The summed E-state index contributed by atoms with van der Waals surface area (Å²) in [7, 11) is 0. The predicted octanol–water partition coefficient (Wildman–Crippen LogP) is 4.52. The quantitative estimate of drug-likeness (QED) is 0.407. The summed E-state index contributed by atoms with van der Waals surface area (Å²) < 4.78 is 13.5. The van der Waals surface area contributed by atoms with E-state index in [4.69, 9.17) is 0 Å². The highest BCUT2D eigenvalue weighted by Gasteiger charge is 2.11. The van der Waals surface area contributed by atoms with Gasteiger partial charge in [-0.3, -0.25) is 10.1 Å². The van der Waals surface area contributed by atoms with Crippen molar-refractivity contribution >= 4 is 29.9 Å². The lowest BCUT2D eigenvalue weighted by atomic mass is 10.1. The zero-order valence-electron chi connectivity index (χ0n) is 17.0. The molecule has 1 unspecified atom stereocenters. The number of aryl methyl sites for hydroxylation is 1. The molecule has 0 aliphatic heterocycles. The lowest BCUT2D eigenvalue weighted by Gasteiger charge is -2.14. The van der Waals surface area contributed by atoms with E-state index in [2.05, 4.69) is 40.8 Å². The Labute approximate surface area is 178 Å². The largest absolute Gasteiger partial charge is 0.348 e. The molecule has 31 heavy (non-hydrogen) atoms. The molecule has 3 heterocycles. The van der Waals surface area contributed by atoms with Crippen LogP contribution in [0, 0.1) is 12.7 Å². The lowest BCUT2D eigenvalue weighted by Crippen LogP contribution is -2.12. The summed E-state index contributed by atoms with van der Waals surface area (Å²) in [6, 6.07) is 11.9. The second kappa shape index (κ2) is 9.12. The van der Waals surface area contributed by atoms with Gasteiger partial charge in [0.1, 0.15) is 5.82 Å². The van der Waals surface area contributed by atoms with Gasteiger partial charge in [0.15, 0.2) is 11.6 Å². The van der Waals surface area contributed by atoms with Crippen molar-refractivity contribution in [2.45, 2.75) is 19.9 Å². The molecule has 156 valence electrons. The standard InChI is InChI=1S/C22H21FN8/c1-14-12-20(31-30-14)28-22-27-19(7-6-16-4-3-5-18(23)13-16)26-21(29-22)25-15(2)17-8-10-24-11-9-17/h3-13,15H,1-2H3,(H3,25,26,27,28,29,30,31)/b7-6+. The van der Waals surface area contributed by atoms with Crippen LogP contribution in [-0.2, 0) is 0 Å². The smallest absolute Gasteiger partial charge is 0.233 e. The van der Waals surface area contributed by atoms with Gasteiger partial charge in [0.25, 0.3) is 0 Å². The van der Waals surface area contributed by atoms with Crippen molar-refractivity contribution in [3.8, 4) is 0 Å². The van der Waals surface area contributed by atoms with Gasteiger partial charge in [-0.2, -0.15) is 20.1 Å². The van der Waals surface area contributed by atoms with Crippen LogP contribution >= 0.6 is 0 Å². The lowest BCUT2D eigenvalue weighted by molar-refractivity contribution is 0.627. The van der Waals surface area contributed by atoms with E-state index in [9.17, 15) is 4.39 Å². The minimum atomic E-state index is -0.303. The Kier molecular flexibility index (Phi) is 5.93. The number of pyridine rings is 1. The molecule has 8 nitrogen and oxygen atoms in total. The van der Waals surface area contributed by atoms with E-state index in [1.54, 1.807) is 36.7 Å². The number of H-pyrrole nitrogens is 1. The summed E-state index contributed by atoms with van der Waals surface area (Å²) in [5.74, 6) is 1.44. The first-order valence-electron chi connectivity index (χ1n) is 9.70. The third kappa shape index (κ3) is 5.47. The van der Waals surface area contributed by atoms with Crippen molar-refractivity contribution in [2.75, 3.05) is 10.6 Å². The number of nitrogens with zero attached hydrogens (tertiary/aromatic N) is 5. The molecule has 0 radical (unpaired) electrons. The van der Waals surface area contributed by atoms with Gasteiger partial charge >= 0.3 is 0 Å². The molecule has 3 aromatic heterocycles. The van der Waals surface area contributed by atoms with Gasteiger partial charge in [0, 0.05) is 24.2 Å². The van der Waals surface area contributed by atoms with Crippen LogP contribution < -0.4 is 10.6 Å². The Balaban J connectivity index is 1.62. The monoisotopic (exact) mass is 416 g/mol. The Morgan fingerprint density at radius 2 is 1.81 bits per heavy atom. The fraction of sp³-hybridized carbons (Fsp3) is 0.136. The van der Waals surface area contributed by atoms with Crippen LogP contribution in [0.4, 0.5) is 22.1 Å². The number of aromatic amines is 1. The molecule has 4 rings (SSSR count). The highest BCUT2D eigenvalue weighted by Crippen LogP contribution is 2.19. The van der Waals surface area contributed by atoms with E-state index < -0.39 is 0 Å². The van der Waals surface area contributed by atoms with Crippen LogP contribution in [0.2, 0.25) is 0 Å². The van der Waals surface area contributed by atoms with Gasteiger partial charge in [-0.05, 0) is 55.3 Å². The Bertz CT molecular complexity index is 1190. The number of halogens is 1. The Morgan fingerprint density at radius 3 is 2.55 bits per heavy atom.